The molecule has 0 radical (unpaired) electrons. The monoisotopic (exact) mass is 230 g/mol. The van der Waals surface area contributed by atoms with Crippen molar-refractivity contribution in [3.05, 3.63) is 12.2 Å². The van der Waals surface area contributed by atoms with Crippen molar-refractivity contribution < 1.29 is 14.0 Å². The Morgan fingerprint density at radius 2 is 1.93 bits per heavy atom. The standard InChI is InChI=1S/C11H22O3Si/c1-6-10(14-15(3,4)5)8-9-11(12)13-7-2/h8-10H,6-7H2,1-5H3/b9-8+/t10-/m1/s1. The molecule has 3 nitrogen and oxygen atoms in total. The molecule has 0 bridgehead atoms. The molecule has 0 amide bonds. The molecular formula is C11H22O3Si. The summed E-state index contributed by atoms with van der Waals surface area (Å²) in [6.07, 6.45) is 4.15. The quantitative estimate of drug-likeness (QED) is 0.400. The predicted molar refractivity (Wildman–Crippen MR) is 64.3 cm³/mol. The van der Waals surface area contributed by atoms with Crippen molar-refractivity contribution in [2.45, 2.75) is 46.0 Å². The average molecular weight is 230 g/mol. The van der Waals surface area contributed by atoms with Crippen LogP contribution in [0.2, 0.25) is 19.6 Å². The van der Waals surface area contributed by atoms with Crippen LogP contribution < -0.4 is 0 Å². The minimum Gasteiger partial charge on any atom is -0.463 e. The normalized spacial score (nSPS) is 14.2. The topological polar surface area (TPSA) is 35.5 Å². The molecule has 0 saturated carbocycles. The van der Waals surface area contributed by atoms with E-state index in [9.17, 15) is 4.79 Å². The maximum Gasteiger partial charge on any atom is 0.330 e. The minimum atomic E-state index is -1.54. The highest BCUT2D eigenvalue weighted by atomic mass is 28.4. The molecule has 0 aromatic heterocycles. The number of esters is 1. The summed E-state index contributed by atoms with van der Waals surface area (Å²) in [7, 11) is -1.54. The van der Waals surface area contributed by atoms with Gasteiger partial charge in [-0.05, 0) is 39.1 Å². The number of hydrogen-bond acceptors (Lipinski definition) is 3. The summed E-state index contributed by atoms with van der Waals surface area (Å²) in [5.74, 6) is -0.296. The molecule has 0 N–H and O–H groups in total. The van der Waals surface area contributed by atoms with Crippen molar-refractivity contribution in [2.75, 3.05) is 6.61 Å². The van der Waals surface area contributed by atoms with Crippen molar-refractivity contribution >= 4 is 14.3 Å². The van der Waals surface area contributed by atoms with Crippen molar-refractivity contribution in [1.29, 1.82) is 0 Å². The van der Waals surface area contributed by atoms with Crippen molar-refractivity contribution in [3.8, 4) is 0 Å². The second-order valence-corrected chi connectivity index (χ2v) is 8.75. The third-order valence-electron chi connectivity index (χ3n) is 1.64. The van der Waals surface area contributed by atoms with Crippen LogP contribution in [0.4, 0.5) is 0 Å². The highest BCUT2D eigenvalue weighted by Gasteiger charge is 2.18. The Morgan fingerprint density at radius 3 is 2.33 bits per heavy atom. The van der Waals surface area contributed by atoms with E-state index in [1.807, 2.05) is 6.92 Å². The number of carbonyl (C=O) groups is 1. The largest absolute Gasteiger partial charge is 0.463 e. The van der Waals surface area contributed by atoms with Crippen LogP contribution in [0.5, 0.6) is 0 Å². The van der Waals surface area contributed by atoms with Gasteiger partial charge in [0.2, 0.25) is 0 Å². The van der Waals surface area contributed by atoms with Gasteiger partial charge in [-0.1, -0.05) is 6.92 Å². The molecule has 0 aromatic carbocycles. The minimum absolute atomic E-state index is 0.0288. The van der Waals surface area contributed by atoms with Gasteiger partial charge in [0.25, 0.3) is 0 Å². The fourth-order valence-corrected chi connectivity index (χ4v) is 2.24. The Hall–Kier alpha value is -0.613. The lowest BCUT2D eigenvalue weighted by Gasteiger charge is -2.23. The molecule has 0 aliphatic carbocycles. The fraction of sp³-hybridized carbons (Fsp3) is 0.727. The smallest absolute Gasteiger partial charge is 0.330 e. The zero-order chi connectivity index (χ0) is 11.9. The first-order valence-electron chi connectivity index (χ1n) is 5.41. The highest BCUT2D eigenvalue weighted by molar-refractivity contribution is 6.69. The van der Waals surface area contributed by atoms with E-state index < -0.39 is 8.32 Å². The maximum atomic E-state index is 11.1. The fourth-order valence-electron chi connectivity index (χ4n) is 1.09. The third-order valence-corrected chi connectivity index (χ3v) is 2.65. The lowest BCUT2D eigenvalue weighted by Crippen LogP contribution is -2.30. The molecule has 88 valence electrons. The Balaban J connectivity index is 4.15. The van der Waals surface area contributed by atoms with Crippen molar-refractivity contribution in [2.24, 2.45) is 0 Å². The Labute approximate surface area is 93.6 Å². The van der Waals surface area contributed by atoms with Gasteiger partial charge in [-0.15, -0.1) is 0 Å². The van der Waals surface area contributed by atoms with Gasteiger partial charge < -0.3 is 9.16 Å². The first-order chi connectivity index (χ1) is 6.89. The van der Waals surface area contributed by atoms with Gasteiger partial charge in [-0.2, -0.15) is 0 Å². The molecule has 4 heteroatoms. The lowest BCUT2D eigenvalue weighted by molar-refractivity contribution is -0.137. The van der Waals surface area contributed by atoms with Crippen LogP contribution in [0.1, 0.15) is 20.3 Å². The molecule has 15 heavy (non-hydrogen) atoms. The molecular weight excluding hydrogens is 208 g/mol. The van der Waals surface area contributed by atoms with Gasteiger partial charge in [-0.25, -0.2) is 4.79 Å². The van der Waals surface area contributed by atoms with Crippen LogP contribution in [-0.4, -0.2) is 27.0 Å². The summed E-state index contributed by atoms with van der Waals surface area (Å²) in [5, 5.41) is 0. The zero-order valence-electron chi connectivity index (χ0n) is 10.4. The van der Waals surface area contributed by atoms with Crippen LogP contribution >= 0.6 is 0 Å². The van der Waals surface area contributed by atoms with Crippen LogP contribution in [0.3, 0.4) is 0 Å². The van der Waals surface area contributed by atoms with E-state index >= 15 is 0 Å². The van der Waals surface area contributed by atoms with Gasteiger partial charge in [0, 0.05) is 6.08 Å². The molecule has 1 atom stereocenters. The lowest BCUT2D eigenvalue weighted by atomic mass is 10.2. The average Bonchev–Trinajstić information content (AvgIpc) is 2.11. The second kappa shape index (κ2) is 6.79. The maximum absolute atomic E-state index is 11.1. The predicted octanol–water partition coefficient (Wildman–Crippen LogP) is 2.74. The molecule has 0 aliphatic rings. The van der Waals surface area contributed by atoms with E-state index in [1.54, 1.807) is 13.0 Å². The molecule has 0 heterocycles. The SMILES string of the molecule is CCOC(=O)/C=C/[C@@H](CC)O[Si](C)(C)C. The molecule has 0 spiro atoms. The molecule has 0 rings (SSSR count). The second-order valence-electron chi connectivity index (χ2n) is 4.29. The molecule has 0 saturated heterocycles. The van der Waals surface area contributed by atoms with Crippen LogP contribution in [0, 0.1) is 0 Å². The van der Waals surface area contributed by atoms with Gasteiger partial charge in [0.15, 0.2) is 8.32 Å². The van der Waals surface area contributed by atoms with Crippen molar-refractivity contribution in [1.82, 2.24) is 0 Å². The van der Waals surface area contributed by atoms with E-state index in [2.05, 4.69) is 19.6 Å². The number of hydrogen-bond donors (Lipinski definition) is 0. The van der Waals surface area contributed by atoms with E-state index in [4.69, 9.17) is 9.16 Å². The number of rotatable bonds is 6. The summed E-state index contributed by atoms with van der Waals surface area (Å²) in [6, 6.07) is 0. The highest BCUT2D eigenvalue weighted by Crippen LogP contribution is 2.10. The third kappa shape index (κ3) is 8.39. The summed E-state index contributed by atoms with van der Waals surface area (Å²) >= 11 is 0. The van der Waals surface area contributed by atoms with Crippen LogP contribution in [-0.2, 0) is 14.0 Å². The Morgan fingerprint density at radius 1 is 1.33 bits per heavy atom. The van der Waals surface area contributed by atoms with Crippen molar-refractivity contribution in [3.63, 3.8) is 0 Å². The van der Waals surface area contributed by atoms with Gasteiger partial charge in [-0.3, -0.25) is 0 Å². The Kier molecular flexibility index (Phi) is 6.52. The summed E-state index contributed by atoms with van der Waals surface area (Å²) in [5.41, 5.74) is 0. The van der Waals surface area contributed by atoms with E-state index in [0.29, 0.717) is 6.61 Å². The first kappa shape index (κ1) is 14.4. The molecule has 0 unspecified atom stereocenters. The molecule has 0 fully saturated rings. The summed E-state index contributed by atoms with van der Waals surface area (Å²) < 4.78 is 10.7. The summed E-state index contributed by atoms with van der Waals surface area (Å²) in [6.45, 7) is 10.6. The van der Waals surface area contributed by atoms with E-state index in [0.717, 1.165) is 6.42 Å². The summed E-state index contributed by atoms with van der Waals surface area (Å²) in [4.78, 5) is 11.1. The van der Waals surface area contributed by atoms with Gasteiger partial charge in [0.1, 0.15) is 0 Å². The molecule has 0 aromatic rings. The van der Waals surface area contributed by atoms with Gasteiger partial charge >= 0.3 is 5.97 Å². The molecule has 0 aliphatic heterocycles. The first-order valence-corrected chi connectivity index (χ1v) is 8.82. The number of ether oxygens (including phenoxy) is 1. The zero-order valence-corrected chi connectivity index (χ0v) is 11.4. The van der Waals surface area contributed by atoms with E-state index in [1.165, 1.54) is 6.08 Å². The van der Waals surface area contributed by atoms with Crippen LogP contribution in [0.25, 0.3) is 0 Å². The van der Waals surface area contributed by atoms with Crippen LogP contribution in [0.15, 0.2) is 12.2 Å². The number of carbonyl (C=O) groups excluding carboxylic acids is 1. The van der Waals surface area contributed by atoms with Gasteiger partial charge in [0.05, 0.1) is 12.7 Å². The van der Waals surface area contributed by atoms with E-state index in [-0.39, 0.29) is 12.1 Å². The Bertz CT molecular complexity index is 218.